The van der Waals surface area contributed by atoms with E-state index < -0.39 is 11.7 Å². The van der Waals surface area contributed by atoms with Crippen LogP contribution in [-0.4, -0.2) is 16.1 Å². The summed E-state index contributed by atoms with van der Waals surface area (Å²) in [5.74, 6) is -1.22. The number of aromatic nitrogens is 2. The lowest BCUT2D eigenvalue weighted by Crippen LogP contribution is -2.15. The van der Waals surface area contributed by atoms with Gasteiger partial charge in [-0.2, -0.15) is 5.10 Å². The molecule has 0 radical (unpaired) electrons. The first-order valence-corrected chi connectivity index (χ1v) is 6.50. The molecule has 0 aliphatic rings. The fourth-order valence-electron chi connectivity index (χ4n) is 1.79. The van der Waals surface area contributed by atoms with Crippen LogP contribution in [0.4, 0.5) is 15.8 Å². The predicted octanol–water partition coefficient (Wildman–Crippen LogP) is 2.99. The lowest BCUT2D eigenvalue weighted by molar-refractivity contribution is 0.102. The minimum atomic E-state index is -0.617. The first-order chi connectivity index (χ1) is 9.54. The summed E-state index contributed by atoms with van der Waals surface area (Å²) in [6.07, 6.45) is 1.55. The number of benzene rings is 1. The molecular formula is C13H14ClFN4O. The number of hydrogen-bond donors (Lipinski definition) is 3. The van der Waals surface area contributed by atoms with Gasteiger partial charge in [-0.3, -0.25) is 9.89 Å². The van der Waals surface area contributed by atoms with Crippen LogP contribution in [0.2, 0.25) is 5.02 Å². The molecule has 0 aliphatic carbocycles. The zero-order valence-electron chi connectivity index (χ0n) is 10.8. The number of anilines is 2. The Hall–Kier alpha value is -2.08. The number of nitrogens with two attached hydrogens (primary N) is 1. The second-order valence-electron chi connectivity index (χ2n) is 4.27. The standard InChI is InChI=1S/C13H14ClFN4O/c1-2-4-9-10(16)12(19-18-9)13(20)17-11-7(14)5-3-6-8(11)15/h3,5-6H,2,4,16H2,1H3,(H,17,20)(H,18,19). The third-order valence-corrected chi connectivity index (χ3v) is 3.11. The molecule has 0 aliphatic heterocycles. The first-order valence-electron chi connectivity index (χ1n) is 6.12. The molecule has 1 aromatic heterocycles. The SMILES string of the molecule is CCCc1[nH]nc(C(=O)Nc2c(F)cccc2Cl)c1N. The van der Waals surface area contributed by atoms with Gasteiger partial charge >= 0.3 is 0 Å². The van der Waals surface area contributed by atoms with Crippen molar-refractivity contribution >= 4 is 28.9 Å². The second-order valence-corrected chi connectivity index (χ2v) is 4.67. The molecule has 0 fully saturated rings. The monoisotopic (exact) mass is 296 g/mol. The summed E-state index contributed by atoms with van der Waals surface area (Å²) in [6, 6.07) is 4.14. The molecule has 106 valence electrons. The largest absolute Gasteiger partial charge is 0.395 e. The number of carbonyl (C=O) groups excluding carboxylic acids is 1. The summed E-state index contributed by atoms with van der Waals surface area (Å²) >= 11 is 5.84. The van der Waals surface area contributed by atoms with E-state index in [1.54, 1.807) is 0 Å². The van der Waals surface area contributed by atoms with Crippen LogP contribution in [0.1, 0.15) is 29.5 Å². The van der Waals surface area contributed by atoms with Crippen molar-refractivity contribution in [1.29, 1.82) is 0 Å². The van der Waals surface area contributed by atoms with Gasteiger partial charge in [-0.05, 0) is 18.6 Å². The van der Waals surface area contributed by atoms with E-state index in [9.17, 15) is 9.18 Å². The van der Waals surface area contributed by atoms with Crippen molar-refractivity contribution in [3.63, 3.8) is 0 Å². The van der Waals surface area contributed by atoms with Gasteiger partial charge in [0, 0.05) is 0 Å². The van der Waals surface area contributed by atoms with E-state index in [-0.39, 0.29) is 22.1 Å². The van der Waals surface area contributed by atoms with Gasteiger partial charge in [0.2, 0.25) is 0 Å². The average Bonchev–Trinajstić information content (AvgIpc) is 2.76. The number of nitrogen functional groups attached to an aromatic ring is 1. The van der Waals surface area contributed by atoms with Gasteiger partial charge in [-0.25, -0.2) is 4.39 Å². The predicted molar refractivity (Wildman–Crippen MR) is 76.4 cm³/mol. The molecule has 20 heavy (non-hydrogen) atoms. The number of amides is 1. The number of H-pyrrole nitrogens is 1. The van der Waals surface area contributed by atoms with E-state index in [1.807, 2.05) is 6.92 Å². The summed E-state index contributed by atoms with van der Waals surface area (Å²) in [4.78, 5) is 12.1. The Kier molecular flexibility index (Phi) is 4.24. The van der Waals surface area contributed by atoms with E-state index in [2.05, 4.69) is 15.5 Å². The third-order valence-electron chi connectivity index (χ3n) is 2.80. The van der Waals surface area contributed by atoms with E-state index >= 15 is 0 Å². The number of nitrogens with zero attached hydrogens (tertiary/aromatic N) is 1. The molecule has 0 spiro atoms. The molecule has 0 bridgehead atoms. The second kappa shape index (κ2) is 5.92. The Balaban J connectivity index is 2.25. The molecule has 0 saturated heterocycles. The van der Waals surface area contributed by atoms with Crippen molar-refractivity contribution in [3.8, 4) is 0 Å². The van der Waals surface area contributed by atoms with Crippen molar-refractivity contribution in [1.82, 2.24) is 10.2 Å². The zero-order chi connectivity index (χ0) is 14.7. The molecule has 7 heteroatoms. The lowest BCUT2D eigenvalue weighted by atomic mass is 10.2. The highest BCUT2D eigenvalue weighted by molar-refractivity contribution is 6.34. The molecule has 2 rings (SSSR count). The number of hydrogen-bond acceptors (Lipinski definition) is 3. The van der Waals surface area contributed by atoms with Gasteiger partial charge in [0.1, 0.15) is 5.82 Å². The van der Waals surface area contributed by atoms with Gasteiger partial charge in [0.25, 0.3) is 5.91 Å². The van der Waals surface area contributed by atoms with Crippen LogP contribution in [0, 0.1) is 5.82 Å². The number of rotatable bonds is 4. The number of aromatic amines is 1. The maximum Gasteiger partial charge on any atom is 0.278 e. The van der Waals surface area contributed by atoms with Crippen LogP contribution < -0.4 is 11.1 Å². The Bertz CT molecular complexity index is 621. The van der Waals surface area contributed by atoms with Crippen molar-refractivity contribution in [2.24, 2.45) is 0 Å². The van der Waals surface area contributed by atoms with Crippen molar-refractivity contribution in [3.05, 3.63) is 40.4 Å². The highest BCUT2D eigenvalue weighted by atomic mass is 35.5. The molecule has 1 heterocycles. The summed E-state index contributed by atoms with van der Waals surface area (Å²) in [6.45, 7) is 1.99. The van der Waals surface area contributed by atoms with Gasteiger partial charge in [-0.15, -0.1) is 0 Å². The van der Waals surface area contributed by atoms with Crippen LogP contribution >= 0.6 is 11.6 Å². The Morgan fingerprint density at radius 3 is 2.95 bits per heavy atom. The minimum absolute atomic E-state index is 0.0350. The van der Waals surface area contributed by atoms with E-state index in [1.165, 1.54) is 18.2 Å². The topological polar surface area (TPSA) is 83.8 Å². The number of aryl methyl sites for hydroxylation is 1. The lowest BCUT2D eigenvalue weighted by Gasteiger charge is -2.07. The number of carbonyl (C=O) groups is 1. The maximum absolute atomic E-state index is 13.6. The van der Waals surface area contributed by atoms with Crippen molar-refractivity contribution in [2.75, 3.05) is 11.1 Å². The van der Waals surface area contributed by atoms with Crippen LogP contribution in [-0.2, 0) is 6.42 Å². The van der Waals surface area contributed by atoms with Crippen LogP contribution in [0.5, 0.6) is 0 Å². The molecule has 0 atom stereocenters. The third kappa shape index (κ3) is 2.75. The molecule has 1 aromatic carbocycles. The Morgan fingerprint density at radius 2 is 2.30 bits per heavy atom. The highest BCUT2D eigenvalue weighted by Crippen LogP contribution is 2.26. The molecule has 5 nitrogen and oxygen atoms in total. The quantitative estimate of drug-likeness (QED) is 0.811. The first kappa shape index (κ1) is 14.3. The van der Waals surface area contributed by atoms with Crippen LogP contribution in [0.15, 0.2) is 18.2 Å². The molecule has 0 saturated carbocycles. The van der Waals surface area contributed by atoms with Gasteiger partial charge in [0.05, 0.1) is 22.1 Å². The smallest absolute Gasteiger partial charge is 0.278 e. The van der Waals surface area contributed by atoms with E-state index in [4.69, 9.17) is 17.3 Å². The number of nitrogens with one attached hydrogen (secondary N) is 2. The molecule has 2 aromatic rings. The number of para-hydroxylation sites is 1. The van der Waals surface area contributed by atoms with Crippen molar-refractivity contribution < 1.29 is 9.18 Å². The summed E-state index contributed by atoms with van der Waals surface area (Å²) < 4.78 is 13.6. The molecule has 4 N–H and O–H groups in total. The normalized spacial score (nSPS) is 10.6. The molecular weight excluding hydrogens is 283 g/mol. The number of halogens is 2. The average molecular weight is 297 g/mol. The highest BCUT2D eigenvalue weighted by Gasteiger charge is 2.19. The summed E-state index contributed by atoms with van der Waals surface area (Å²) in [5, 5.41) is 9.07. The molecule has 1 amide bonds. The van der Waals surface area contributed by atoms with E-state index in [0.717, 1.165) is 6.42 Å². The van der Waals surface area contributed by atoms with E-state index in [0.29, 0.717) is 12.1 Å². The fraction of sp³-hybridized carbons (Fsp3) is 0.231. The van der Waals surface area contributed by atoms with Gasteiger partial charge in [-0.1, -0.05) is 31.0 Å². The summed E-state index contributed by atoms with van der Waals surface area (Å²) in [5.41, 5.74) is 6.76. The zero-order valence-corrected chi connectivity index (χ0v) is 11.6. The minimum Gasteiger partial charge on any atom is -0.395 e. The van der Waals surface area contributed by atoms with Crippen LogP contribution in [0.25, 0.3) is 0 Å². The maximum atomic E-state index is 13.6. The van der Waals surface area contributed by atoms with Gasteiger partial charge in [0.15, 0.2) is 5.69 Å². The van der Waals surface area contributed by atoms with Gasteiger partial charge < -0.3 is 11.1 Å². The fourth-order valence-corrected chi connectivity index (χ4v) is 2.00. The van der Waals surface area contributed by atoms with Crippen molar-refractivity contribution in [2.45, 2.75) is 19.8 Å². The van der Waals surface area contributed by atoms with Crippen LogP contribution in [0.3, 0.4) is 0 Å². The molecule has 0 unspecified atom stereocenters. The Morgan fingerprint density at radius 1 is 1.55 bits per heavy atom. The summed E-state index contributed by atoms with van der Waals surface area (Å²) in [7, 11) is 0. The Labute approximate surface area is 120 Å².